The Hall–Kier alpha value is -0.740. The quantitative estimate of drug-likeness (QED) is 0.797. The Labute approximate surface area is 79.4 Å². The van der Waals surface area contributed by atoms with Crippen LogP contribution in [0.4, 0.5) is 4.39 Å². The second kappa shape index (κ2) is 4.48. The van der Waals surface area contributed by atoms with Gasteiger partial charge in [0.1, 0.15) is 5.82 Å². The van der Waals surface area contributed by atoms with E-state index in [1.807, 2.05) is 0 Å². The maximum atomic E-state index is 13.0. The first-order chi connectivity index (χ1) is 6.13. The van der Waals surface area contributed by atoms with E-state index in [0.717, 1.165) is 5.56 Å². The van der Waals surface area contributed by atoms with Gasteiger partial charge in [-0.3, -0.25) is 4.21 Å². The topological polar surface area (TPSA) is 43.1 Å². The van der Waals surface area contributed by atoms with Crippen molar-refractivity contribution in [3.8, 4) is 0 Å². The van der Waals surface area contributed by atoms with Gasteiger partial charge in [0.25, 0.3) is 0 Å². The van der Waals surface area contributed by atoms with Crippen molar-refractivity contribution in [2.75, 3.05) is 6.26 Å². The predicted octanol–water partition coefficient (Wildman–Crippen LogP) is 1.16. The maximum absolute atomic E-state index is 13.0. The van der Waals surface area contributed by atoms with Crippen molar-refractivity contribution in [2.45, 2.75) is 12.3 Å². The molecular weight excluding hydrogens is 189 g/mol. The molecule has 1 unspecified atom stereocenters. The summed E-state index contributed by atoms with van der Waals surface area (Å²) in [6.07, 6.45) is 1.62. The first-order valence-electron chi connectivity index (χ1n) is 3.91. The molecule has 0 aliphatic carbocycles. The zero-order chi connectivity index (χ0) is 9.84. The van der Waals surface area contributed by atoms with E-state index in [9.17, 15) is 8.60 Å². The van der Waals surface area contributed by atoms with Crippen LogP contribution in [0.1, 0.15) is 11.1 Å². The normalized spacial score (nSPS) is 12.8. The van der Waals surface area contributed by atoms with E-state index in [0.29, 0.717) is 11.3 Å². The van der Waals surface area contributed by atoms with Crippen LogP contribution >= 0.6 is 0 Å². The second-order valence-corrected chi connectivity index (χ2v) is 4.28. The van der Waals surface area contributed by atoms with Gasteiger partial charge in [-0.25, -0.2) is 4.39 Å². The highest BCUT2D eigenvalue weighted by atomic mass is 32.2. The molecule has 1 aromatic rings. The van der Waals surface area contributed by atoms with Crippen LogP contribution in [0.25, 0.3) is 0 Å². The molecule has 0 radical (unpaired) electrons. The molecule has 0 aliphatic heterocycles. The summed E-state index contributed by atoms with van der Waals surface area (Å²) in [5.41, 5.74) is 6.67. The lowest BCUT2D eigenvalue weighted by molar-refractivity contribution is 0.610. The van der Waals surface area contributed by atoms with E-state index in [1.54, 1.807) is 18.4 Å². The monoisotopic (exact) mass is 201 g/mol. The van der Waals surface area contributed by atoms with Gasteiger partial charge in [0, 0.05) is 34.9 Å². The summed E-state index contributed by atoms with van der Waals surface area (Å²) in [6.45, 7) is 0.177. The molecule has 0 heterocycles. The van der Waals surface area contributed by atoms with Crippen molar-refractivity contribution >= 4 is 10.8 Å². The maximum Gasteiger partial charge on any atom is 0.127 e. The Morgan fingerprint density at radius 3 is 2.77 bits per heavy atom. The molecule has 4 heteroatoms. The molecule has 0 aliphatic rings. The van der Waals surface area contributed by atoms with E-state index in [4.69, 9.17) is 5.73 Å². The lowest BCUT2D eigenvalue weighted by Gasteiger charge is -2.03. The van der Waals surface area contributed by atoms with Crippen molar-refractivity contribution in [1.29, 1.82) is 0 Å². The molecule has 0 saturated heterocycles. The minimum absolute atomic E-state index is 0.177. The summed E-state index contributed by atoms with van der Waals surface area (Å²) in [5, 5.41) is 0. The fourth-order valence-electron chi connectivity index (χ4n) is 1.11. The summed E-state index contributed by atoms with van der Waals surface area (Å²) < 4.78 is 23.8. The van der Waals surface area contributed by atoms with Crippen LogP contribution in [-0.2, 0) is 23.1 Å². The molecular formula is C9H12FNOS. The first kappa shape index (κ1) is 10.3. The number of hydrogen-bond acceptors (Lipinski definition) is 2. The van der Waals surface area contributed by atoms with E-state index in [-0.39, 0.29) is 12.4 Å². The lowest BCUT2D eigenvalue weighted by Crippen LogP contribution is -2.02. The number of rotatable bonds is 3. The molecule has 0 saturated carbocycles. The smallest absolute Gasteiger partial charge is 0.127 e. The summed E-state index contributed by atoms with van der Waals surface area (Å²) in [7, 11) is -0.897. The minimum Gasteiger partial charge on any atom is -0.326 e. The number of halogens is 1. The Balaban J connectivity index is 2.92. The minimum atomic E-state index is -0.897. The third-order valence-corrected chi connectivity index (χ3v) is 2.44. The summed E-state index contributed by atoms with van der Waals surface area (Å²) in [5.74, 6) is 0.154. The van der Waals surface area contributed by atoms with E-state index < -0.39 is 10.8 Å². The van der Waals surface area contributed by atoms with Crippen LogP contribution in [0.5, 0.6) is 0 Å². The average molecular weight is 201 g/mol. The number of nitrogens with two attached hydrogens (primary N) is 1. The van der Waals surface area contributed by atoms with E-state index >= 15 is 0 Å². The molecule has 2 N–H and O–H groups in total. The molecule has 2 nitrogen and oxygen atoms in total. The molecule has 0 aromatic heterocycles. The van der Waals surface area contributed by atoms with E-state index in [1.165, 1.54) is 6.07 Å². The molecule has 1 rings (SSSR count). The zero-order valence-electron chi connectivity index (χ0n) is 7.42. The van der Waals surface area contributed by atoms with Crippen LogP contribution < -0.4 is 5.73 Å². The second-order valence-electron chi connectivity index (χ2n) is 2.85. The Bertz CT molecular complexity index is 327. The van der Waals surface area contributed by atoms with Gasteiger partial charge in [0.15, 0.2) is 0 Å². The molecule has 0 bridgehead atoms. The molecule has 1 aromatic carbocycles. The molecule has 1 atom stereocenters. The predicted molar refractivity (Wildman–Crippen MR) is 52.1 cm³/mol. The van der Waals surface area contributed by atoms with Gasteiger partial charge in [-0.2, -0.15) is 0 Å². The van der Waals surface area contributed by atoms with Gasteiger partial charge in [0.05, 0.1) is 0 Å². The van der Waals surface area contributed by atoms with Crippen molar-refractivity contribution in [3.05, 3.63) is 35.1 Å². The van der Waals surface area contributed by atoms with Crippen LogP contribution in [0.3, 0.4) is 0 Å². The lowest BCUT2D eigenvalue weighted by atomic mass is 10.1. The highest BCUT2D eigenvalue weighted by Gasteiger charge is 2.02. The highest BCUT2D eigenvalue weighted by molar-refractivity contribution is 7.83. The molecule has 13 heavy (non-hydrogen) atoms. The Kier molecular flexibility index (Phi) is 3.57. The molecule has 0 amide bonds. The van der Waals surface area contributed by atoms with Gasteiger partial charge in [-0.15, -0.1) is 0 Å². The summed E-state index contributed by atoms with van der Waals surface area (Å²) >= 11 is 0. The third kappa shape index (κ3) is 2.90. The Morgan fingerprint density at radius 1 is 1.54 bits per heavy atom. The van der Waals surface area contributed by atoms with E-state index in [2.05, 4.69) is 0 Å². The molecule has 0 spiro atoms. The van der Waals surface area contributed by atoms with Crippen LogP contribution in [-0.4, -0.2) is 10.5 Å². The van der Waals surface area contributed by atoms with Crippen LogP contribution in [0, 0.1) is 5.82 Å². The van der Waals surface area contributed by atoms with Crippen molar-refractivity contribution in [2.24, 2.45) is 5.73 Å². The largest absolute Gasteiger partial charge is 0.326 e. The van der Waals surface area contributed by atoms with Gasteiger partial charge >= 0.3 is 0 Å². The average Bonchev–Trinajstić information content (AvgIpc) is 2.07. The standard InChI is InChI=1S/C9H12FNOS/c1-13(12)6-7-2-3-9(10)8(4-7)5-11/h2-4H,5-6,11H2,1H3. The highest BCUT2D eigenvalue weighted by Crippen LogP contribution is 2.11. The van der Waals surface area contributed by atoms with Gasteiger partial charge < -0.3 is 5.73 Å². The van der Waals surface area contributed by atoms with Crippen molar-refractivity contribution < 1.29 is 8.60 Å². The zero-order valence-corrected chi connectivity index (χ0v) is 8.23. The van der Waals surface area contributed by atoms with Gasteiger partial charge in [-0.05, 0) is 11.6 Å². The third-order valence-electron chi connectivity index (χ3n) is 1.70. The summed E-state index contributed by atoms with van der Waals surface area (Å²) in [6, 6.07) is 4.66. The van der Waals surface area contributed by atoms with Crippen LogP contribution in [0.15, 0.2) is 18.2 Å². The Morgan fingerprint density at radius 2 is 2.23 bits per heavy atom. The van der Waals surface area contributed by atoms with Crippen LogP contribution in [0.2, 0.25) is 0 Å². The fourth-order valence-corrected chi connectivity index (χ4v) is 1.76. The fraction of sp³-hybridized carbons (Fsp3) is 0.333. The summed E-state index contributed by atoms with van der Waals surface area (Å²) in [4.78, 5) is 0. The van der Waals surface area contributed by atoms with Gasteiger partial charge in [0.2, 0.25) is 0 Å². The first-order valence-corrected chi connectivity index (χ1v) is 5.63. The molecule has 72 valence electrons. The van der Waals surface area contributed by atoms with Gasteiger partial charge in [-0.1, -0.05) is 12.1 Å². The number of hydrogen-bond donors (Lipinski definition) is 1. The van der Waals surface area contributed by atoms with Crippen molar-refractivity contribution in [1.82, 2.24) is 0 Å². The number of benzene rings is 1. The van der Waals surface area contributed by atoms with Crippen molar-refractivity contribution in [3.63, 3.8) is 0 Å². The SMILES string of the molecule is CS(=O)Cc1ccc(F)c(CN)c1. The molecule has 0 fully saturated rings.